The molecule has 0 aliphatic carbocycles. The minimum absolute atomic E-state index is 0.102. The molecule has 1 atom stereocenters. The van der Waals surface area contributed by atoms with Crippen LogP contribution in [0.3, 0.4) is 0 Å². The zero-order valence-electron chi connectivity index (χ0n) is 16.3. The van der Waals surface area contributed by atoms with Crippen molar-refractivity contribution in [1.29, 1.82) is 0 Å². The summed E-state index contributed by atoms with van der Waals surface area (Å²) in [4.78, 5) is 23.9. The third-order valence-electron chi connectivity index (χ3n) is 3.89. The van der Waals surface area contributed by atoms with Gasteiger partial charge < -0.3 is 14.8 Å². The highest BCUT2D eigenvalue weighted by Crippen LogP contribution is 2.15. The Balaban J connectivity index is 1.76. The maximum atomic E-state index is 12.2. The SMILES string of the molecule is Cc1cccc(OCCCC(=O)O[C@@H](C)C(=O)Nc2cccc(S(N)(=O)=O)c2)c1. The molecule has 8 nitrogen and oxygen atoms in total. The smallest absolute Gasteiger partial charge is 0.306 e. The van der Waals surface area contributed by atoms with Crippen molar-refractivity contribution in [3.8, 4) is 5.75 Å². The predicted molar refractivity (Wildman–Crippen MR) is 108 cm³/mol. The van der Waals surface area contributed by atoms with Crippen LogP contribution >= 0.6 is 0 Å². The van der Waals surface area contributed by atoms with E-state index < -0.39 is 28.0 Å². The first-order valence-corrected chi connectivity index (χ1v) is 10.5. The Kier molecular flexibility index (Phi) is 7.74. The number of rotatable bonds is 9. The molecule has 0 unspecified atom stereocenters. The van der Waals surface area contributed by atoms with Gasteiger partial charge in [0.25, 0.3) is 5.91 Å². The summed E-state index contributed by atoms with van der Waals surface area (Å²) in [7, 11) is -3.88. The number of hydrogen-bond acceptors (Lipinski definition) is 6. The van der Waals surface area contributed by atoms with Crippen LogP contribution in [0.2, 0.25) is 0 Å². The van der Waals surface area contributed by atoms with Crippen molar-refractivity contribution in [3.05, 3.63) is 54.1 Å². The second kappa shape index (κ2) is 10.0. The summed E-state index contributed by atoms with van der Waals surface area (Å²) in [5.74, 6) is -0.382. The molecule has 2 aromatic rings. The van der Waals surface area contributed by atoms with E-state index in [0.29, 0.717) is 13.0 Å². The van der Waals surface area contributed by atoms with Gasteiger partial charge in [-0.25, -0.2) is 13.6 Å². The van der Waals surface area contributed by atoms with Gasteiger partial charge in [0.15, 0.2) is 6.10 Å². The van der Waals surface area contributed by atoms with E-state index in [9.17, 15) is 18.0 Å². The van der Waals surface area contributed by atoms with Gasteiger partial charge in [-0.05, 0) is 56.2 Å². The molecular formula is C20H24N2O6S. The maximum Gasteiger partial charge on any atom is 0.306 e. The molecule has 1 amide bonds. The van der Waals surface area contributed by atoms with Crippen molar-refractivity contribution >= 4 is 27.6 Å². The summed E-state index contributed by atoms with van der Waals surface area (Å²) in [6.07, 6.45) is -0.500. The Morgan fingerprint density at radius 2 is 1.86 bits per heavy atom. The zero-order valence-corrected chi connectivity index (χ0v) is 17.1. The summed E-state index contributed by atoms with van der Waals surface area (Å²) in [6, 6.07) is 13.1. The number of ether oxygens (including phenoxy) is 2. The summed E-state index contributed by atoms with van der Waals surface area (Å²) in [5, 5.41) is 7.56. The van der Waals surface area contributed by atoms with Gasteiger partial charge in [0.05, 0.1) is 11.5 Å². The molecule has 156 valence electrons. The first-order valence-electron chi connectivity index (χ1n) is 8.98. The van der Waals surface area contributed by atoms with Crippen LogP contribution in [0.5, 0.6) is 5.75 Å². The van der Waals surface area contributed by atoms with E-state index in [4.69, 9.17) is 14.6 Å². The fourth-order valence-corrected chi connectivity index (χ4v) is 2.98. The molecule has 0 saturated heterocycles. The highest BCUT2D eigenvalue weighted by molar-refractivity contribution is 7.89. The molecule has 0 fully saturated rings. The molecule has 2 rings (SSSR count). The fourth-order valence-electron chi connectivity index (χ4n) is 2.42. The number of hydrogen-bond donors (Lipinski definition) is 2. The standard InChI is InChI=1S/C20H24N2O6S/c1-14-6-3-8-17(12-14)27-11-5-10-19(23)28-15(2)20(24)22-16-7-4-9-18(13-16)29(21,25)26/h3-4,6-9,12-13,15H,5,10-11H2,1-2H3,(H,22,24)(H2,21,25,26)/t15-/m0/s1. The summed E-state index contributed by atoms with van der Waals surface area (Å²) in [6.45, 7) is 3.74. The van der Waals surface area contributed by atoms with Crippen LogP contribution in [0.25, 0.3) is 0 Å². The zero-order chi connectivity index (χ0) is 21.4. The number of nitrogens with one attached hydrogen (secondary N) is 1. The molecule has 0 bridgehead atoms. The number of aryl methyl sites for hydroxylation is 1. The topological polar surface area (TPSA) is 125 Å². The third kappa shape index (κ3) is 7.55. The van der Waals surface area contributed by atoms with E-state index in [1.165, 1.54) is 31.2 Å². The Labute approximate surface area is 170 Å². The average Bonchev–Trinajstić information content (AvgIpc) is 2.65. The lowest BCUT2D eigenvalue weighted by atomic mass is 10.2. The van der Waals surface area contributed by atoms with Gasteiger partial charge in [0.1, 0.15) is 5.75 Å². The van der Waals surface area contributed by atoms with Crippen LogP contribution in [0.4, 0.5) is 5.69 Å². The van der Waals surface area contributed by atoms with E-state index in [0.717, 1.165) is 11.3 Å². The van der Waals surface area contributed by atoms with E-state index >= 15 is 0 Å². The van der Waals surface area contributed by atoms with E-state index in [-0.39, 0.29) is 17.0 Å². The molecule has 2 aromatic carbocycles. The van der Waals surface area contributed by atoms with Gasteiger partial charge in [-0.2, -0.15) is 0 Å². The highest BCUT2D eigenvalue weighted by Gasteiger charge is 2.18. The van der Waals surface area contributed by atoms with Crippen molar-refractivity contribution < 1.29 is 27.5 Å². The van der Waals surface area contributed by atoms with E-state index in [2.05, 4.69) is 5.32 Å². The average molecular weight is 420 g/mol. The van der Waals surface area contributed by atoms with E-state index in [1.54, 1.807) is 0 Å². The predicted octanol–water partition coefficient (Wildman–Crippen LogP) is 2.37. The lowest BCUT2D eigenvalue weighted by molar-refractivity contribution is -0.153. The summed E-state index contributed by atoms with van der Waals surface area (Å²) >= 11 is 0. The summed E-state index contributed by atoms with van der Waals surface area (Å²) in [5.41, 5.74) is 1.31. The normalized spacial score (nSPS) is 12.1. The lowest BCUT2D eigenvalue weighted by Crippen LogP contribution is -2.30. The second-order valence-corrected chi connectivity index (χ2v) is 8.02. The Morgan fingerprint density at radius 1 is 1.14 bits per heavy atom. The number of amides is 1. The minimum atomic E-state index is -3.88. The molecule has 0 heterocycles. The maximum absolute atomic E-state index is 12.2. The number of carbonyl (C=O) groups is 2. The van der Waals surface area contributed by atoms with Gasteiger partial charge in [-0.1, -0.05) is 18.2 Å². The van der Waals surface area contributed by atoms with Gasteiger partial charge in [-0.3, -0.25) is 9.59 Å². The van der Waals surface area contributed by atoms with Crippen LogP contribution in [-0.4, -0.2) is 33.0 Å². The van der Waals surface area contributed by atoms with Crippen LogP contribution in [0.1, 0.15) is 25.3 Å². The molecule has 0 saturated carbocycles. The van der Waals surface area contributed by atoms with Crippen LogP contribution in [0.15, 0.2) is 53.4 Å². The minimum Gasteiger partial charge on any atom is -0.494 e. The Bertz CT molecular complexity index is 974. The molecule has 0 spiro atoms. The number of primary sulfonamides is 1. The van der Waals surface area contributed by atoms with Gasteiger partial charge >= 0.3 is 5.97 Å². The quantitative estimate of drug-likeness (QED) is 0.474. The number of carbonyl (C=O) groups excluding carboxylic acids is 2. The van der Waals surface area contributed by atoms with Crippen molar-refractivity contribution in [1.82, 2.24) is 0 Å². The molecule has 0 aromatic heterocycles. The van der Waals surface area contributed by atoms with Crippen LogP contribution in [-0.2, 0) is 24.3 Å². The van der Waals surface area contributed by atoms with Crippen LogP contribution < -0.4 is 15.2 Å². The fraction of sp³-hybridized carbons (Fsp3) is 0.300. The molecule has 0 aliphatic rings. The third-order valence-corrected chi connectivity index (χ3v) is 4.80. The highest BCUT2D eigenvalue weighted by atomic mass is 32.2. The Hall–Kier alpha value is -2.91. The molecule has 3 N–H and O–H groups in total. The molecule has 29 heavy (non-hydrogen) atoms. The Morgan fingerprint density at radius 3 is 2.55 bits per heavy atom. The number of esters is 1. The van der Waals surface area contributed by atoms with Crippen molar-refractivity contribution in [3.63, 3.8) is 0 Å². The number of anilines is 1. The number of sulfonamides is 1. The number of nitrogens with two attached hydrogens (primary N) is 1. The largest absolute Gasteiger partial charge is 0.494 e. The molecular weight excluding hydrogens is 396 g/mol. The van der Waals surface area contributed by atoms with Gasteiger partial charge in [0.2, 0.25) is 10.0 Å². The lowest BCUT2D eigenvalue weighted by Gasteiger charge is -2.14. The molecule has 9 heteroatoms. The van der Waals surface area contributed by atoms with Crippen molar-refractivity contribution in [2.24, 2.45) is 5.14 Å². The van der Waals surface area contributed by atoms with Crippen molar-refractivity contribution in [2.45, 2.75) is 37.7 Å². The first-order chi connectivity index (χ1) is 13.6. The first kappa shape index (κ1) is 22.4. The molecule has 0 radical (unpaired) electrons. The van der Waals surface area contributed by atoms with Crippen LogP contribution in [0, 0.1) is 6.92 Å². The monoisotopic (exact) mass is 420 g/mol. The second-order valence-electron chi connectivity index (χ2n) is 6.46. The van der Waals surface area contributed by atoms with Crippen molar-refractivity contribution in [2.75, 3.05) is 11.9 Å². The number of benzene rings is 2. The van der Waals surface area contributed by atoms with Gasteiger partial charge in [-0.15, -0.1) is 0 Å². The van der Waals surface area contributed by atoms with Gasteiger partial charge in [0, 0.05) is 12.1 Å². The summed E-state index contributed by atoms with van der Waals surface area (Å²) < 4.78 is 33.4. The van der Waals surface area contributed by atoms with E-state index in [1.807, 2.05) is 31.2 Å². The molecule has 0 aliphatic heterocycles.